The topological polar surface area (TPSA) is 180 Å². The Morgan fingerprint density at radius 2 is 0.959 bits per heavy atom. The fourth-order valence-corrected chi connectivity index (χ4v) is 12.1. The molecule has 19 atom stereocenters. The van der Waals surface area contributed by atoms with Crippen LogP contribution in [0.25, 0.3) is 0 Å². The van der Waals surface area contributed by atoms with E-state index in [0.717, 1.165) is 113 Å². The monoisotopic (exact) mass is 1060 g/mol. The van der Waals surface area contributed by atoms with Crippen molar-refractivity contribution >= 4 is 0 Å². The van der Waals surface area contributed by atoms with Crippen LogP contribution in [0.15, 0.2) is 0 Å². The van der Waals surface area contributed by atoms with E-state index in [1.54, 1.807) is 13.8 Å². The molecule has 0 amide bonds. The molecule has 8 N–H and O–H groups in total. The van der Waals surface area contributed by atoms with E-state index in [1.807, 2.05) is 13.8 Å². The third-order valence-electron chi connectivity index (χ3n) is 17.6. The molecule has 74 heavy (non-hydrogen) atoms. The zero-order chi connectivity index (χ0) is 56.8. The molecule has 6 aliphatic rings. The lowest BCUT2D eigenvalue weighted by Gasteiger charge is -2.30. The van der Waals surface area contributed by atoms with Crippen LogP contribution in [0.5, 0.6) is 0 Å². The number of unbranched alkanes of at least 4 members (excludes halogenated alkanes) is 2. The van der Waals surface area contributed by atoms with Gasteiger partial charge in [0, 0.05) is 31.8 Å². The molecule has 448 valence electrons. The maximum Gasteiger partial charge on any atom is 0.0771 e. The van der Waals surface area contributed by atoms with Gasteiger partial charge in [-0.25, -0.2) is 0 Å². The van der Waals surface area contributed by atoms with Crippen LogP contribution in [-0.2, 0) is 9.47 Å². The van der Waals surface area contributed by atoms with E-state index in [1.165, 1.54) is 83.5 Å². The molecule has 19 unspecified atom stereocenters. The van der Waals surface area contributed by atoms with E-state index < -0.39 is 0 Å². The second kappa shape index (κ2) is 46.4. The Hall–Kier alpha value is -0.400. The molecule has 4 bridgehead atoms. The van der Waals surface area contributed by atoms with Crippen molar-refractivity contribution in [2.24, 2.45) is 76.9 Å². The molecular weight excluding hydrogens is 929 g/mol. The number of ether oxygens (including phenoxy) is 2. The molecule has 6 fully saturated rings. The van der Waals surface area contributed by atoms with Crippen molar-refractivity contribution < 1.29 is 50.3 Å². The smallest absolute Gasteiger partial charge is 0.0771 e. The van der Waals surface area contributed by atoms with E-state index in [9.17, 15) is 20.4 Å². The van der Waals surface area contributed by atoms with Crippen molar-refractivity contribution in [2.75, 3.05) is 33.0 Å². The molecule has 0 aliphatic heterocycles. The third-order valence-corrected chi connectivity index (χ3v) is 17.6. The van der Waals surface area contributed by atoms with E-state index in [0.29, 0.717) is 54.6 Å². The van der Waals surface area contributed by atoms with Crippen LogP contribution in [0.3, 0.4) is 0 Å². The summed E-state index contributed by atoms with van der Waals surface area (Å²) >= 11 is 0. The minimum absolute atomic E-state index is 0.0110. The second-order valence-electron chi connectivity index (χ2n) is 24.8. The van der Waals surface area contributed by atoms with Crippen LogP contribution in [-0.4, -0.2) is 117 Å². The van der Waals surface area contributed by atoms with Gasteiger partial charge in [-0.1, -0.05) is 148 Å². The van der Waals surface area contributed by atoms with Crippen molar-refractivity contribution in [2.45, 2.75) is 301 Å². The van der Waals surface area contributed by atoms with Gasteiger partial charge in [-0.3, -0.25) is 0 Å². The number of hydrogen-bond donors (Lipinski definition) is 8. The van der Waals surface area contributed by atoms with Crippen LogP contribution in [0.1, 0.15) is 258 Å². The average Bonchev–Trinajstić information content (AvgIpc) is 4.11. The number of hydrogen-bond acceptors (Lipinski definition) is 10. The van der Waals surface area contributed by atoms with Crippen LogP contribution < -0.4 is 0 Å². The number of aliphatic hydroxyl groups is 8. The van der Waals surface area contributed by atoms with Crippen molar-refractivity contribution in [1.29, 1.82) is 0 Å². The maximum atomic E-state index is 9.66. The van der Waals surface area contributed by atoms with Gasteiger partial charge >= 0.3 is 0 Å². The van der Waals surface area contributed by atoms with Crippen molar-refractivity contribution in [3.05, 3.63) is 0 Å². The summed E-state index contributed by atoms with van der Waals surface area (Å²) < 4.78 is 10.5. The first-order valence-electron chi connectivity index (χ1n) is 31.6. The quantitative estimate of drug-likeness (QED) is 0.0547. The van der Waals surface area contributed by atoms with Crippen molar-refractivity contribution in [3.8, 4) is 0 Å². The minimum atomic E-state index is -0.267. The summed E-state index contributed by atoms with van der Waals surface area (Å²) in [5.41, 5.74) is 0. The third kappa shape index (κ3) is 33.9. The van der Waals surface area contributed by atoms with Crippen molar-refractivity contribution in [3.63, 3.8) is 0 Å². The molecule has 0 spiro atoms. The number of aliphatic hydroxyl groups excluding tert-OH is 8. The molecular formula is C64H132O10. The average molecular weight is 1060 g/mol. The van der Waals surface area contributed by atoms with Crippen LogP contribution >= 0.6 is 0 Å². The van der Waals surface area contributed by atoms with Crippen LogP contribution in [0.4, 0.5) is 0 Å². The lowest BCUT2D eigenvalue weighted by molar-refractivity contribution is 0.0340. The largest absolute Gasteiger partial charge is 0.396 e. The van der Waals surface area contributed by atoms with E-state index in [4.69, 9.17) is 29.9 Å². The van der Waals surface area contributed by atoms with Gasteiger partial charge < -0.3 is 50.3 Å². The Morgan fingerprint density at radius 1 is 0.459 bits per heavy atom. The zero-order valence-electron chi connectivity index (χ0n) is 51.7. The molecule has 6 rings (SSSR count). The Morgan fingerprint density at radius 3 is 1.34 bits per heavy atom. The predicted octanol–water partition coefficient (Wildman–Crippen LogP) is 13.8. The first-order valence-corrected chi connectivity index (χ1v) is 31.6. The summed E-state index contributed by atoms with van der Waals surface area (Å²) in [7, 11) is 0. The second-order valence-corrected chi connectivity index (χ2v) is 24.8. The summed E-state index contributed by atoms with van der Waals surface area (Å²) in [5, 5.41) is 73.1. The van der Waals surface area contributed by atoms with Gasteiger partial charge in [-0.15, -0.1) is 0 Å². The van der Waals surface area contributed by atoms with Gasteiger partial charge in [0.25, 0.3) is 0 Å². The van der Waals surface area contributed by atoms with Crippen molar-refractivity contribution in [1.82, 2.24) is 0 Å². The summed E-state index contributed by atoms with van der Waals surface area (Å²) in [4.78, 5) is 0. The molecule has 6 saturated carbocycles. The Labute approximate surface area is 459 Å². The molecule has 0 heterocycles. The number of fused-ring (bicyclic) bond motifs is 4. The minimum Gasteiger partial charge on any atom is -0.396 e. The van der Waals surface area contributed by atoms with Gasteiger partial charge in [0.1, 0.15) is 0 Å². The maximum absolute atomic E-state index is 9.66. The lowest BCUT2D eigenvalue weighted by Crippen LogP contribution is -2.29. The first-order chi connectivity index (χ1) is 35.1. The highest BCUT2D eigenvalue weighted by Gasteiger charge is 2.49. The van der Waals surface area contributed by atoms with Gasteiger partial charge in [0.05, 0.1) is 49.8 Å². The van der Waals surface area contributed by atoms with Gasteiger partial charge in [-0.2, -0.15) is 0 Å². The summed E-state index contributed by atoms with van der Waals surface area (Å²) in [6.07, 6.45) is 26.4. The predicted molar refractivity (Wildman–Crippen MR) is 313 cm³/mol. The standard InChI is InChI=1S/2C10H20O.C9H20O2.2C9H16O.C8H18O2.C6H14O.C3H8O/c1-3-4-9-5-6-10(11)8(2)7-9;1-3-4-9-6-5-8(2)10(11)7-9;1-3-5-6-11-8-9(4-2)7-10;1-5-3-7-4-8(5)6(2)9(7)10;1-5-3-7-4-8(5)9(10)6(7)2;1-3-5-6-10-7-8(9)4-2;1-3-5-6(7)4-2;1-3(2)4/h2*8-11H,3-7H2,1-2H3;9-10H,3-8H2,1-2H3;2*5-10H,3-4H2,1-2H3;8-9H,3-7H2,1-2H3;6-7H,3-5H2,1-2H3;3-4H,1-2H3. The molecule has 6 aliphatic carbocycles. The van der Waals surface area contributed by atoms with E-state index in [-0.39, 0.29) is 49.3 Å². The van der Waals surface area contributed by atoms with Crippen LogP contribution in [0, 0.1) is 76.9 Å². The van der Waals surface area contributed by atoms with Crippen LogP contribution in [0.2, 0.25) is 0 Å². The highest BCUT2D eigenvalue weighted by atomic mass is 16.5. The molecule has 0 radical (unpaired) electrons. The summed E-state index contributed by atoms with van der Waals surface area (Å²) in [6.45, 7) is 36.7. The highest BCUT2D eigenvalue weighted by Crippen LogP contribution is 2.52. The summed E-state index contributed by atoms with van der Waals surface area (Å²) in [5.74, 6) is 8.93. The summed E-state index contributed by atoms with van der Waals surface area (Å²) in [6, 6.07) is 0. The SMILES string of the molecule is CC(C)O.CC1CC2CC1C(C)C2O.CC1CC2CC1C(O)C2C.CCCC(O)CC.CCCC1CCC(C)C(O)C1.CCCC1CCC(O)C(C)C1.CCCCOCC(CC)CO.CCCCOCC(O)CC. The van der Waals surface area contributed by atoms with E-state index in [2.05, 4.69) is 83.1 Å². The Bertz CT molecular complexity index is 1140. The molecule has 10 nitrogen and oxygen atoms in total. The van der Waals surface area contributed by atoms with Gasteiger partial charge in [-0.05, 0) is 181 Å². The fourth-order valence-electron chi connectivity index (χ4n) is 12.1. The molecule has 10 heteroatoms. The molecule has 0 aromatic rings. The number of rotatable bonds is 20. The molecule has 0 aromatic carbocycles. The molecule has 0 aromatic heterocycles. The Balaban J connectivity index is 0. The van der Waals surface area contributed by atoms with Gasteiger partial charge in [0.15, 0.2) is 0 Å². The zero-order valence-corrected chi connectivity index (χ0v) is 51.7. The lowest BCUT2D eigenvalue weighted by atomic mass is 9.79. The van der Waals surface area contributed by atoms with E-state index >= 15 is 0 Å². The highest BCUT2D eigenvalue weighted by molar-refractivity contribution is 4.98. The van der Waals surface area contributed by atoms with Gasteiger partial charge in [0.2, 0.25) is 0 Å². The first kappa shape index (κ1) is 75.7. The Kier molecular flexibility index (Phi) is 47.4. The molecule has 0 saturated heterocycles. The normalized spacial score (nSPS) is 33.4. The fraction of sp³-hybridized carbons (Fsp3) is 1.00.